The average molecular weight is 365 g/mol. The average Bonchev–Trinajstić information content (AvgIpc) is 2.59. The van der Waals surface area contributed by atoms with Crippen molar-refractivity contribution in [1.29, 1.82) is 0 Å². The third-order valence-corrected chi connectivity index (χ3v) is 3.61. The molecule has 7 nitrogen and oxygen atoms in total. The van der Waals surface area contributed by atoms with Crippen LogP contribution < -0.4 is 16.0 Å². The highest BCUT2D eigenvalue weighted by Gasteiger charge is 2.11. The van der Waals surface area contributed by atoms with Crippen molar-refractivity contribution in [3.63, 3.8) is 0 Å². The number of hydrogen-bond acceptors (Lipinski definition) is 5. The van der Waals surface area contributed by atoms with Crippen LogP contribution in [-0.2, 0) is 14.3 Å². The molecule has 136 valence electrons. The Morgan fingerprint density at radius 2 is 1.96 bits per heavy atom. The van der Waals surface area contributed by atoms with E-state index in [0.29, 0.717) is 11.3 Å². The second kappa shape index (κ2) is 10.4. The molecule has 0 bridgehead atoms. The molecule has 3 N–H and O–H groups in total. The van der Waals surface area contributed by atoms with Gasteiger partial charge in [-0.05, 0) is 43.8 Å². The number of amides is 2. The minimum absolute atomic E-state index is 0.0176. The largest absolute Gasteiger partial charge is 0.469 e. The minimum atomic E-state index is -0.464. The molecule has 0 aliphatic carbocycles. The number of anilines is 1. The number of ether oxygens (including phenoxy) is 1. The summed E-state index contributed by atoms with van der Waals surface area (Å²) in [7, 11) is 1.26. The van der Waals surface area contributed by atoms with E-state index >= 15 is 0 Å². The van der Waals surface area contributed by atoms with Crippen LogP contribution in [0.4, 0.5) is 5.69 Å². The van der Waals surface area contributed by atoms with Crippen LogP contribution in [0.2, 0.25) is 0 Å². The Kier molecular flexibility index (Phi) is 8.55. The highest BCUT2D eigenvalue weighted by atomic mass is 32.1. The normalized spacial score (nSPS) is 11.2. The van der Waals surface area contributed by atoms with Crippen molar-refractivity contribution in [2.45, 2.75) is 39.2 Å². The lowest BCUT2D eigenvalue weighted by Gasteiger charge is -2.13. The molecular formula is C17H23N3O4S. The standard InChI is InChI=1S/C17H23N3O4S/c1-4-11(2)18-16(23)12-6-5-7-13(10-12)19-17(25)20-14(21)8-9-15(22)24-3/h5-7,10-11H,4,8-9H2,1-3H3,(H,18,23)(H2,19,20,21,25). The Hall–Kier alpha value is -2.48. The molecule has 1 unspecified atom stereocenters. The van der Waals surface area contributed by atoms with E-state index in [1.54, 1.807) is 24.3 Å². The van der Waals surface area contributed by atoms with Crippen molar-refractivity contribution >= 4 is 40.8 Å². The summed E-state index contributed by atoms with van der Waals surface area (Å²) in [6.45, 7) is 3.92. The van der Waals surface area contributed by atoms with Gasteiger partial charge in [0.05, 0.1) is 13.5 Å². The summed E-state index contributed by atoms with van der Waals surface area (Å²) in [6.07, 6.45) is 0.799. The molecule has 1 aromatic rings. The molecule has 1 atom stereocenters. The minimum Gasteiger partial charge on any atom is -0.469 e. The quantitative estimate of drug-likeness (QED) is 0.505. The third kappa shape index (κ3) is 7.75. The molecule has 0 heterocycles. The van der Waals surface area contributed by atoms with Crippen LogP contribution in [0.25, 0.3) is 0 Å². The molecule has 0 spiro atoms. The highest BCUT2D eigenvalue weighted by molar-refractivity contribution is 7.80. The Morgan fingerprint density at radius 1 is 1.24 bits per heavy atom. The molecular weight excluding hydrogens is 342 g/mol. The summed E-state index contributed by atoms with van der Waals surface area (Å²) in [4.78, 5) is 34.8. The molecule has 25 heavy (non-hydrogen) atoms. The van der Waals surface area contributed by atoms with Crippen LogP contribution >= 0.6 is 12.2 Å². The predicted molar refractivity (Wildman–Crippen MR) is 99.3 cm³/mol. The number of benzene rings is 1. The van der Waals surface area contributed by atoms with E-state index < -0.39 is 11.9 Å². The number of rotatable bonds is 7. The first-order valence-electron chi connectivity index (χ1n) is 7.94. The van der Waals surface area contributed by atoms with Crippen molar-refractivity contribution in [2.75, 3.05) is 12.4 Å². The fraction of sp³-hybridized carbons (Fsp3) is 0.412. The van der Waals surface area contributed by atoms with E-state index in [-0.39, 0.29) is 29.9 Å². The molecule has 1 rings (SSSR count). The van der Waals surface area contributed by atoms with Crippen LogP contribution in [-0.4, -0.2) is 36.0 Å². The number of hydrogen-bond donors (Lipinski definition) is 3. The molecule has 1 aromatic carbocycles. The maximum atomic E-state index is 12.1. The summed E-state index contributed by atoms with van der Waals surface area (Å²) < 4.78 is 4.47. The van der Waals surface area contributed by atoms with Crippen LogP contribution in [0, 0.1) is 0 Å². The van der Waals surface area contributed by atoms with Gasteiger partial charge in [-0.2, -0.15) is 0 Å². The van der Waals surface area contributed by atoms with Crippen molar-refractivity contribution in [2.24, 2.45) is 0 Å². The van der Waals surface area contributed by atoms with Gasteiger partial charge in [-0.25, -0.2) is 0 Å². The molecule has 8 heteroatoms. The monoisotopic (exact) mass is 365 g/mol. The maximum absolute atomic E-state index is 12.1. The highest BCUT2D eigenvalue weighted by Crippen LogP contribution is 2.11. The third-order valence-electron chi connectivity index (χ3n) is 3.41. The van der Waals surface area contributed by atoms with E-state index in [9.17, 15) is 14.4 Å². The molecule has 2 amide bonds. The van der Waals surface area contributed by atoms with Crippen LogP contribution in [0.3, 0.4) is 0 Å². The Bertz CT molecular complexity index is 649. The van der Waals surface area contributed by atoms with E-state index in [2.05, 4.69) is 20.7 Å². The Labute approximate surface area is 152 Å². The summed E-state index contributed by atoms with van der Waals surface area (Å²) in [5.41, 5.74) is 1.07. The van der Waals surface area contributed by atoms with Gasteiger partial charge in [0.15, 0.2) is 5.11 Å². The fourth-order valence-electron chi connectivity index (χ4n) is 1.82. The van der Waals surface area contributed by atoms with Crippen molar-refractivity contribution in [1.82, 2.24) is 10.6 Å². The van der Waals surface area contributed by atoms with E-state index in [1.165, 1.54) is 7.11 Å². The number of methoxy groups -OCH3 is 1. The molecule has 0 aliphatic heterocycles. The van der Waals surface area contributed by atoms with Gasteiger partial charge in [-0.3, -0.25) is 14.4 Å². The Balaban J connectivity index is 2.57. The second-order valence-corrected chi connectivity index (χ2v) is 5.85. The molecule has 0 saturated heterocycles. The van der Waals surface area contributed by atoms with Crippen LogP contribution in [0.15, 0.2) is 24.3 Å². The van der Waals surface area contributed by atoms with E-state index in [4.69, 9.17) is 12.2 Å². The first kappa shape index (κ1) is 20.6. The van der Waals surface area contributed by atoms with E-state index in [0.717, 1.165) is 6.42 Å². The number of esters is 1. The smallest absolute Gasteiger partial charge is 0.306 e. The first-order chi connectivity index (χ1) is 11.8. The lowest BCUT2D eigenvalue weighted by molar-refractivity contribution is -0.142. The topological polar surface area (TPSA) is 96.5 Å². The zero-order chi connectivity index (χ0) is 18.8. The summed E-state index contributed by atoms with van der Waals surface area (Å²) in [6, 6.07) is 6.87. The van der Waals surface area contributed by atoms with Crippen LogP contribution in [0.1, 0.15) is 43.5 Å². The number of carbonyl (C=O) groups excluding carboxylic acids is 3. The number of carbonyl (C=O) groups is 3. The number of nitrogens with one attached hydrogen (secondary N) is 3. The summed E-state index contributed by atoms with van der Waals surface area (Å²) in [5.74, 6) is -1.03. The van der Waals surface area contributed by atoms with E-state index in [1.807, 2.05) is 13.8 Å². The molecule has 0 radical (unpaired) electrons. The fourth-order valence-corrected chi connectivity index (χ4v) is 2.05. The van der Waals surface area contributed by atoms with Gasteiger partial charge in [0.2, 0.25) is 5.91 Å². The van der Waals surface area contributed by atoms with Crippen molar-refractivity contribution in [3.8, 4) is 0 Å². The summed E-state index contributed by atoms with van der Waals surface area (Å²) in [5, 5.41) is 8.28. The number of thiocarbonyl (C=S) groups is 1. The summed E-state index contributed by atoms with van der Waals surface area (Å²) >= 11 is 5.06. The molecule has 0 saturated carbocycles. The van der Waals surface area contributed by atoms with Gasteiger partial charge < -0.3 is 20.7 Å². The van der Waals surface area contributed by atoms with Crippen molar-refractivity contribution in [3.05, 3.63) is 29.8 Å². The zero-order valence-corrected chi connectivity index (χ0v) is 15.4. The van der Waals surface area contributed by atoms with Gasteiger partial charge >= 0.3 is 5.97 Å². The zero-order valence-electron chi connectivity index (χ0n) is 14.5. The van der Waals surface area contributed by atoms with Gasteiger partial charge in [-0.15, -0.1) is 0 Å². The molecule has 0 aliphatic rings. The van der Waals surface area contributed by atoms with Crippen molar-refractivity contribution < 1.29 is 19.1 Å². The predicted octanol–water partition coefficient (Wildman–Crippen LogP) is 1.98. The van der Waals surface area contributed by atoms with Gasteiger partial charge in [-0.1, -0.05) is 13.0 Å². The SMILES string of the molecule is CCC(C)NC(=O)c1cccc(NC(=S)NC(=O)CCC(=O)OC)c1. The lowest BCUT2D eigenvalue weighted by Crippen LogP contribution is -2.34. The van der Waals surface area contributed by atoms with Gasteiger partial charge in [0.25, 0.3) is 5.91 Å². The second-order valence-electron chi connectivity index (χ2n) is 5.44. The van der Waals surface area contributed by atoms with Gasteiger partial charge in [0.1, 0.15) is 0 Å². The molecule has 0 aromatic heterocycles. The maximum Gasteiger partial charge on any atom is 0.306 e. The lowest BCUT2D eigenvalue weighted by atomic mass is 10.1. The first-order valence-corrected chi connectivity index (χ1v) is 8.35. The van der Waals surface area contributed by atoms with Crippen LogP contribution in [0.5, 0.6) is 0 Å². The van der Waals surface area contributed by atoms with Gasteiger partial charge in [0, 0.05) is 23.7 Å². The Morgan fingerprint density at radius 3 is 2.60 bits per heavy atom. The molecule has 0 fully saturated rings.